The first kappa shape index (κ1) is 18.2. The summed E-state index contributed by atoms with van der Waals surface area (Å²) in [7, 11) is 0. The average molecular weight is 348 g/mol. The van der Waals surface area contributed by atoms with Crippen molar-refractivity contribution in [3.63, 3.8) is 0 Å². The second kappa shape index (κ2) is 8.17. The Balaban J connectivity index is 1.67. The van der Waals surface area contributed by atoms with E-state index in [9.17, 15) is 9.18 Å². The van der Waals surface area contributed by atoms with Crippen molar-refractivity contribution >= 4 is 6.03 Å². The van der Waals surface area contributed by atoms with Crippen molar-refractivity contribution in [2.24, 2.45) is 11.8 Å². The van der Waals surface area contributed by atoms with Crippen LogP contribution in [-0.2, 0) is 4.74 Å². The summed E-state index contributed by atoms with van der Waals surface area (Å²) in [5.41, 5.74) is 0.883. The average Bonchev–Trinajstić information content (AvgIpc) is 3.12. The van der Waals surface area contributed by atoms with Crippen LogP contribution < -0.4 is 10.6 Å². The Morgan fingerprint density at radius 3 is 2.60 bits per heavy atom. The molecule has 1 aromatic carbocycles. The monoisotopic (exact) mass is 348 g/mol. The molecule has 25 heavy (non-hydrogen) atoms. The number of nitrogens with one attached hydrogen (secondary N) is 2. The second-order valence-corrected chi connectivity index (χ2v) is 7.57. The van der Waals surface area contributed by atoms with E-state index < -0.39 is 0 Å². The van der Waals surface area contributed by atoms with Crippen LogP contribution in [-0.4, -0.2) is 24.8 Å². The lowest BCUT2D eigenvalue weighted by atomic mass is 9.78. The van der Waals surface area contributed by atoms with E-state index in [-0.39, 0.29) is 30.0 Å². The predicted molar refractivity (Wildman–Crippen MR) is 95.7 cm³/mol. The van der Waals surface area contributed by atoms with Gasteiger partial charge in [0.25, 0.3) is 0 Å². The highest BCUT2D eigenvalue weighted by Gasteiger charge is 2.31. The van der Waals surface area contributed by atoms with Gasteiger partial charge in [-0.1, -0.05) is 38.8 Å². The van der Waals surface area contributed by atoms with Gasteiger partial charge in [-0.25, -0.2) is 9.18 Å². The minimum atomic E-state index is -0.274. The third-order valence-corrected chi connectivity index (χ3v) is 5.88. The Labute approximate surface area is 149 Å². The van der Waals surface area contributed by atoms with Crippen LogP contribution in [0.2, 0.25) is 0 Å². The number of rotatable bonds is 4. The van der Waals surface area contributed by atoms with Crippen molar-refractivity contribution in [2.75, 3.05) is 6.61 Å². The van der Waals surface area contributed by atoms with Gasteiger partial charge in [0, 0.05) is 12.6 Å². The van der Waals surface area contributed by atoms with Crippen LogP contribution in [0.3, 0.4) is 0 Å². The fraction of sp³-hybridized carbons (Fsp3) is 0.650. The van der Waals surface area contributed by atoms with Crippen molar-refractivity contribution in [1.29, 1.82) is 0 Å². The van der Waals surface area contributed by atoms with Crippen LogP contribution >= 0.6 is 0 Å². The molecule has 2 fully saturated rings. The van der Waals surface area contributed by atoms with Gasteiger partial charge >= 0.3 is 6.03 Å². The summed E-state index contributed by atoms with van der Waals surface area (Å²) in [5.74, 6) is 0.834. The third-order valence-electron chi connectivity index (χ3n) is 5.88. The van der Waals surface area contributed by atoms with Crippen LogP contribution in [0.25, 0.3) is 0 Å². The number of ether oxygens (including phenoxy) is 1. The highest BCUT2D eigenvalue weighted by molar-refractivity contribution is 5.75. The Bertz CT molecular complexity index is 572. The van der Waals surface area contributed by atoms with Crippen molar-refractivity contribution in [1.82, 2.24) is 10.6 Å². The fourth-order valence-corrected chi connectivity index (χ4v) is 4.06. The van der Waals surface area contributed by atoms with E-state index in [1.165, 1.54) is 18.6 Å². The standard InChI is InChI=1S/C20H29FN2O2/c1-13-5-3-6-17(14(13)2)22-20(24)23-19(18-7-4-12-25-18)15-8-10-16(21)11-9-15/h8-11,13-14,17-19H,3-7,12H2,1-2H3,(H2,22,23,24). The number of benzene rings is 1. The summed E-state index contributed by atoms with van der Waals surface area (Å²) in [5, 5.41) is 6.23. The van der Waals surface area contributed by atoms with Crippen molar-refractivity contribution in [3.05, 3.63) is 35.6 Å². The molecule has 2 N–H and O–H groups in total. The summed E-state index contributed by atoms with van der Waals surface area (Å²) in [4.78, 5) is 12.6. The van der Waals surface area contributed by atoms with Crippen LogP contribution in [0.5, 0.6) is 0 Å². The van der Waals surface area contributed by atoms with E-state index in [0.29, 0.717) is 18.4 Å². The number of hydrogen-bond acceptors (Lipinski definition) is 2. The highest BCUT2D eigenvalue weighted by atomic mass is 19.1. The minimum Gasteiger partial charge on any atom is -0.376 e. The largest absolute Gasteiger partial charge is 0.376 e. The number of amides is 2. The molecule has 0 bridgehead atoms. The van der Waals surface area contributed by atoms with Crippen LogP contribution in [0.15, 0.2) is 24.3 Å². The van der Waals surface area contributed by atoms with Gasteiger partial charge in [0.15, 0.2) is 0 Å². The molecule has 0 aromatic heterocycles. The zero-order valence-corrected chi connectivity index (χ0v) is 15.1. The number of hydrogen-bond donors (Lipinski definition) is 2. The number of carbonyl (C=O) groups is 1. The first-order valence-corrected chi connectivity index (χ1v) is 9.48. The normalized spacial score (nSPS) is 30.7. The van der Waals surface area contributed by atoms with Crippen LogP contribution in [0.4, 0.5) is 9.18 Å². The van der Waals surface area contributed by atoms with Gasteiger partial charge in [-0.2, -0.15) is 0 Å². The molecule has 5 atom stereocenters. The molecule has 1 saturated carbocycles. The molecule has 0 radical (unpaired) electrons. The summed E-state index contributed by atoms with van der Waals surface area (Å²) in [6.45, 7) is 5.18. The van der Waals surface area contributed by atoms with E-state index in [2.05, 4.69) is 24.5 Å². The van der Waals surface area contributed by atoms with Crippen LogP contribution in [0, 0.1) is 17.7 Å². The number of urea groups is 1. The Hall–Kier alpha value is -1.62. The molecule has 5 heteroatoms. The van der Waals surface area contributed by atoms with Crippen molar-refractivity contribution in [3.8, 4) is 0 Å². The smallest absolute Gasteiger partial charge is 0.315 e. The second-order valence-electron chi connectivity index (χ2n) is 7.57. The van der Waals surface area contributed by atoms with Crippen molar-refractivity contribution < 1.29 is 13.9 Å². The number of carbonyl (C=O) groups excluding carboxylic acids is 1. The van der Waals surface area contributed by atoms with E-state index in [1.54, 1.807) is 12.1 Å². The Morgan fingerprint density at radius 1 is 1.16 bits per heavy atom. The van der Waals surface area contributed by atoms with Gasteiger partial charge in [-0.3, -0.25) is 0 Å². The van der Waals surface area contributed by atoms with Gasteiger partial charge in [-0.15, -0.1) is 0 Å². The Morgan fingerprint density at radius 2 is 1.92 bits per heavy atom. The molecule has 3 rings (SSSR count). The van der Waals surface area contributed by atoms with E-state index in [0.717, 1.165) is 31.2 Å². The molecular weight excluding hydrogens is 319 g/mol. The molecule has 1 aliphatic heterocycles. The lowest BCUT2D eigenvalue weighted by molar-refractivity contribution is 0.0800. The van der Waals surface area contributed by atoms with E-state index >= 15 is 0 Å². The maximum atomic E-state index is 13.2. The van der Waals surface area contributed by atoms with Crippen molar-refractivity contribution in [2.45, 2.75) is 64.1 Å². The molecule has 2 aliphatic rings. The zero-order chi connectivity index (χ0) is 17.8. The molecular formula is C20H29FN2O2. The molecule has 1 aliphatic carbocycles. The van der Waals surface area contributed by atoms with Crippen LogP contribution in [0.1, 0.15) is 57.6 Å². The summed E-state index contributed by atoms with van der Waals surface area (Å²) >= 11 is 0. The molecule has 1 heterocycles. The van der Waals surface area contributed by atoms with E-state index in [4.69, 9.17) is 4.74 Å². The maximum Gasteiger partial charge on any atom is 0.315 e. The molecule has 2 amide bonds. The summed E-state index contributed by atoms with van der Waals surface area (Å²) < 4.78 is 19.0. The topological polar surface area (TPSA) is 50.4 Å². The molecule has 1 saturated heterocycles. The summed E-state index contributed by atoms with van der Waals surface area (Å²) in [6.07, 6.45) is 5.25. The molecule has 0 spiro atoms. The SMILES string of the molecule is CC1CCCC(NC(=O)NC(c2ccc(F)cc2)C2CCCO2)C1C. The molecule has 5 unspecified atom stereocenters. The molecule has 1 aromatic rings. The van der Waals surface area contributed by atoms with Gasteiger partial charge in [0.05, 0.1) is 12.1 Å². The first-order valence-electron chi connectivity index (χ1n) is 9.48. The third kappa shape index (κ3) is 4.51. The van der Waals surface area contributed by atoms with Gasteiger partial charge < -0.3 is 15.4 Å². The van der Waals surface area contributed by atoms with E-state index in [1.807, 2.05) is 0 Å². The molecule has 4 nitrogen and oxygen atoms in total. The van der Waals surface area contributed by atoms with Gasteiger partial charge in [0.1, 0.15) is 5.82 Å². The lowest BCUT2D eigenvalue weighted by Gasteiger charge is -2.35. The highest BCUT2D eigenvalue weighted by Crippen LogP contribution is 2.30. The zero-order valence-electron chi connectivity index (χ0n) is 15.1. The minimum absolute atomic E-state index is 0.0566. The lowest BCUT2D eigenvalue weighted by Crippen LogP contribution is -2.50. The summed E-state index contributed by atoms with van der Waals surface area (Å²) in [6, 6.07) is 6.13. The Kier molecular flexibility index (Phi) is 5.94. The quantitative estimate of drug-likeness (QED) is 0.858. The maximum absolute atomic E-state index is 13.2. The number of halogens is 1. The predicted octanol–water partition coefficient (Wildman–Crippen LogP) is 4.17. The van der Waals surface area contributed by atoms with Gasteiger partial charge in [-0.05, 0) is 48.8 Å². The fourth-order valence-electron chi connectivity index (χ4n) is 4.06. The first-order chi connectivity index (χ1) is 12.0. The molecule has 138 valence electrons. The van der Waals surface area contributed by atoms with Gasteiger partial charge in [0.2, 0.25) is 0 Å².